The van der Waals surface area contributed by atoms with Crippen LogP contribution in [-0.2, 0) is 0 Å². The maximum Gasteiger partial charge on any atom is 0.0760 e. The summed E-state index contributed by atoms with van der Waals surface area (Å²) in [7, 11) is 0. The second kappa shape index (κ2) is 6.58. The molecule has 0 aromatic carbocycles. The number of aliphatic hydroxyl groups is 1. The first kappa shape index (κ1) is 16.3. The average molecular weight is 336 g/mol. The van der Waals surface area contributed by atoms with Crippen molar-refractivity contribution in [3.63, 3.8) is 0 Å². The van der Waals surface area contributed by atoms with Crippen molar-refractivity contribution in [2.24, 2.45) is 0 Å². The number of hydrogen-bond acceptors (Lipinski definition) is 1. The predicted octanol–water partition coefficient (Wildman–Crippen LogP) is 4.97. The standard InChI is InChI=1S/C15H24BrClO/c1-10(2)7-13(18)8-11(3)12-5-6-15(4,17)14(16)9-12/h7,13-14,18H,5-6,8-9H2,1-4H3/b12-11+/t13-,14-,15-/m0/s1. The minimum atomic E-state index is -0.361. The van der Waals surface area contributed by atoms with E-state index in [-0.39, 0.29) is 11.0 Å². The zero-order chi connectivity index (χ0) is 13.9. The molecule has 0 heterocycles. The van der Waals surface area contributed by atoms with Gasteiger partial charge in [-0.15, -0.1) is 11.6 Å². The second-order valence-corrected chi connectivity index (χ2v) is 7.82. The molecule has 1 rings (SSSR count). The van der Waals surface area contributed by atoms with Crippen molar-refractivity contribution in [3.05, 3.63) is 22.8 Å². The van der Waals surface area contributed by atoms with E-state index in [4.69, 9.17) is 11.6 Å². The molecule has 0 radical (unpaired) electrons. The Bertz CT molecular complexity index is 354. The molecule has 3 heteroatoms. The molecule has 104 valence electrons. The normalized spacial score (nSPS) is 32.9. The molecule has 0 saturated heterocycles. The molecule has 1 fully saturated rings. The number of halogens is 2. The Kier molecular flexibility index (Phi) is 5.95. The first-order valence-electron chi connectivity index (χ1n) is 6.56. The summed E-state index contributed by atoms with van der Waals surface area (Å²) in [5.41, 5.74) is 3.93. The molecular formula is C15H24BrClO. The SMILES string of the molecule is CC(C)=C[C@H](O)C/C(C)=C1\CC[C@](C)(Cl)[C@@H](Br)C1. The molecule has 1 nitrogen and oxygen atoms in total. The molecule has 1 N–H and O–H groups in total. The summed E-state index contributed by atoms with van der Waals surface area (Å²) in [5.74, 6) is 0. The quantitative estimate of drug-likeness (QED) is 0.570. The van der Waals surface area contributed by atoms with Gasteiger partial charge in [-0.25, -0.2) is 0 Å². The fourth-order valence-corrected chi connectivity index (χ4v) is 3.16. The van der Waals surface area contributed by atoms with Gasteiger partial charge in [-0.1, -0.05) is 38.7 Å². The van der Waals surface area contributed by atoms with Crippen molar-refractivity contribution in [2.45, 2.75) is 69.2 Å². The van der Waals surface area contributed by atoms with Gasteiger partial charge in [0.1, 0.15) is 0 Å². The summed E-state index contributed by atoms with van der Waals surface area (Å²) in [6.45, 7) is 8.26. The number of alkyl halides is 2. The Morgan fingerprint density at radius 1 is 1.56 bits per heavy atom. The average Bonchev–Trinajstić information content (AvgIpc) is 2.20. The van der Waals surface area contributed by atoms with Crippen molar-refractivity contribution in [2.75, 3.05) is 0 Å². The summed E-state index contributed by atoms with van der Waals surface area (Å²) >= 11 is 10.1. The Morgan fingerprint density at radius 2 is 2.17 bits per heavy atom. The van der Waals surface area contributed by atoms with E-state index in [0.29, 0.717) is 4.83 Å². The number of rotatable bonds is 3. The molecule has 0 aromatic heterocycles. The molecule has 3 atom stereocenters. The first-order chi connectivity index (χ1) is 8.22. The highest BCUT2D eigenvalue weighted by Crippen LogP contribution is 2.42. The molecular weight excluding hydrogens is 312 g/mol. The summed E-state index contributed by atoms with van der Waals surface area (Å²) in [4.78, 5) is 0.188. The minimum absolute atomic E-state index is 0.137. The van der Waals surface area contributed by atoms with Gasteiger partial charge in [0.2, 0.25) is 0 Å². The largest absolute Gasteiger partial charge is 0.389 e. The third-order valence-electron chi connectivity index (χ3n) is 3.64. The van der Waals surface area contributed by atoms with Crippen LogP contribution in [0.4, 0.5) is 0 Å². The zero-order valence-electron chi connectivity index (χ0n) is 11.8. The molecule has 0 unspecified atom stereocenters. The van der Waals surface area contributed by atoms with E-state index in [1.807, 2.05) is 19.9 Å². The summed E-state index contributed by atoms with van der Waals surface area (Å²) in [5, 5.41) is 9.94. The van der Waals surface area contributed by atoms with Crippen molar-refractivity contribution >= 4 is 27.5 Å². The Morgan fingerprint density at radius 3 is 2.67 bits per heavy atom. The fourth-order valence-electron chi connectivity index (χ4n) is 2.37. The molecule has 0 aliphatic heterocycles. The van der Waals surface area contributed by atoms with Gasteiger partial charge in [0, 0.05) is 4.83 Å². The van der Waals surface area contributed by atoms with Gasteiger partial charge < -0.3 is 5.11 Å². The van der Waals surface area contributed by atoms with Crippen molar-refractivity contribution in [1.29, 1.82) is 0 Å². The minimum Gasteiger partial charge on any atom is -0.389 e. The van der Waals surface area contributed by atoms with E-state index in [1.165, 1.54) is 11.1 Å². The maximum atomic E-state index is 9.94. The lowest BCUT2D eigenvalue weighted by molar-refractivity contribution is 0.222. The van der Waals surface area contributed by atoms with Gasteiger partial charge in [0.05, 0.1) is 11.0 Å². The lowest BCUT2D eigenvalue weighted by Gasteiger charge is -2.35. The fraction of sp³-hybridized carbons (Fsp3) is 0.733. The molecule has 1 aliphatic carbocycles. The highest BCUT2D eigenvalue weighted by Gasteiger charge is 2.35. The molecule has 18 heavy (non-hydrogen) atoms. The zero-order valence-corrected chi connectivity index (χ0v) is 14.1. The van der Waals surface area contributed by atoms with Gasteiger partial charge in [0.25, 0.3) is 0 Å². The van der Waals surface area contributed by atoms with Crippen LogP contribution in [0.25, 0.3) is 0 Å². The van der Waals surface area contributed by atoms with E-state index in [1.54, 1.807) is 0 Å². The smallest absolute Gasteiger partial charge is 0.0760 e. The molecule has 0 bridgehead atoms. The van der Waals surface area contributed by atoms with Crippen molar-refractivity contribution in [3.8, 4) is 0 Å². The Labute approximate surface area is 124 Å². The van der Waals surface area contributed by atoms with E-state index >= 15 is 0 Å². The molecule has 0 aromatic rings. The van der Waals surface area contributed by atoms with E-state index in [9.17, 15) is 5.11 Å². The maximum absolute atomic E-state index is 9.94. The number of allylic oxidation sites excluding steroid dienone is 2. The molecule has 1 aliphatic rings. The topological polar surface area (TPSA) is 20.2 Å². The predicted molar refractivity (Wildman–Crippen MR) is 83.6 cm³/mol. The lowest BCUT2D eigenvalue weighted by atomic mass is 9.83. The van der Waals surface area contributed by atoms with Crippen molar-refractivity contribution in [1.82, 2.24) is 0 Å². The third kappa shape index (κ3) is 4.71. The summed E-state index contributed by atoms with van der Waals surface area (Å²) in [6.07, 6.45) is 5.34. The summed E-state index contributed by atoms with van der Waals surface area (Å²) in [6, 6.07) is 0. The molecule has 0 amide bonds. The van der Waals surface area contributed by atoms with Crippen LogP contribution in [0.3, 0.4) is 0 Å². The highest BCUT2D eigenvalue weighted by molar-refractivity contribution is 9.09. The summed E-state index contributed by atoms with van der Waals surface area (Å²) < 4.78 is 0. The van der Waals surface area contributed by atoms with Crippen LogP contribution < -0.4 is 0 Å². The van der Waals surface area contributed by atoms with Gasteiger partial charge in [0.15, 0.2) is 0 Å². The molecule has 0 spiro atoms. The van der Waals surface area contributed by atoms with Crippen LogP contribution in [-0.4, -0.2) is 20.9 Å². The third-order valence-corrected chi connectivity index (χ3v) is 5.69. The van der Waals surface area contributed by atoms with Crippen LogP contribution in [0.5, 0.6) is 0 Å². The number of aliphatic hydroxyl groups excluding tert-OH is 1. The van der Waals surface area contributed by atoms with Crippen LogP contribution in [0, 0.1) is 0 Å². The van der Waals surface area contributed by atoms with Crippen molar-refractivity contribution < 1.29 is 5.11 Å². The van der Waals surface area contributed by atoms with E-state index in [2.05, 4.69) is 29.8 Å². The van der Waals surface area contributed by atoms with Crippen LogP contribution in [0.1, 0.15) is 53.4 Å². The lowest BCUT2D eigenvalue weighted by Crippen LogP contribution is -2.33. The van der Waals surface area contributed by atoms with Gasteiger partial charge in [-0.3, -0.25) is 0 Å². The van der Waals surface area contributed by atoms with Crippen LogP contribution in [0.15, 0.2) is 22.8 Å². The van der Waals surface area contributed by atoms with Gasteiger partial charge >= 0.3 is 0 Å². The number of hydrogen-bond donors (Lipinski definition) is 1. The van der Waals surface area contributed by atoms with Gasteiger partial charge in [-0.2, -0.15) is 0 Å². The van der Waals surface area contributed by atoms with Crippen LogP contribution in [0.2, 0.25) is 0 Å². The Hall–Kier alpha value is 0.210. The Balaban J connectivity index is 2.68. The monoisotopic (exact) mass is 334 g/mol. The van der Waals surface area contributed by atoms with E-state index < -0.39 is 0 Å². The second-order valence-electron chi connectivity index (χ2n) is 5.85. The first-order valence-corrected chi connectivity index (χ1v) is 7.85. The van der Waals surface area contributed by atoms with Gasteiger partial charge in [-0.05, 0) is 53.4 Å². The molecule has 1 saturated carbocycles. The highest BCUT2D eigenvalue weighted by atomic mass is 79.9. The van der Waals surface area contributed by atoms with E-state index in [0.717, 1.165) is 31.3 Å². The van der Waals surface area contributed by atoms with Crippen LogP contribution >= 0.6 is 27.5 Å².